The number of anilines is 2. The number of hydrogen-bond donors (Lipinski definition) is 2. The highest BCUT2D eigenvalue weighted by molar-refractivity contribution is 7.92. The van der Waals surface area contributed by atoms with Gasteiger partial charge in [-0.3, -0.25) is 9.52 Å². The predicted octanol–water partition coefficient (Wildman–Crippen LogP) is 5.64. The number of ether oxygens (including phenoxy) is 2. The molecule has 4 rings (SSSR count). The number of rotatable bonds is 9. The summed E-state index contributed by atoms with van der Waals surface area (Å²) in [5.74, 6) is 0.587. The Morgan fingerprint density at radius 3 is 2.22 bits per heavy atom. The Balaban J connectivity index is 1.47. The Morgan fingerprint density at radius 2 is 1.56 bits per heavy atom. The number of sulfonamides is 1. The van der Waals surface area contributed by atoms with Gasteiger partial charge in [-0.05, 0) is 67.1 Å². The van der Waals surface area contributed by atoms with Crippen molar-refractivity contribution < 1.29 is 22.7 Å². The molecule has 0 saturated heterocycles. The fourth-order valence-corrected chi connectivity index (χ4v) is 4.51. The molecule has 0 spiro atoms. The van der Waals surface area contributed by atoms with Crippen LogP contribution in [0.1, 0.15) is 21.5 Å². The van der Waals surface area contributed by atoms with Crippen molar-refractivity contribution >= 4 is 27.3 Å². The molecule has 0 saturated carbocycles. The first-order valence-electron chi connectivity index (χ1n) is 11.2. The number of amides is 1. The van der Waals surface area contributed by atoms with Crippen molar-refractivity contribution in [1.82, 2.24) is 0 Å². The van der Waals surface area contributed by atoms with E-state index in [4.69, 9.17) is 9.47 Å². The molecule has 4 aromatic rings. The van der Waals surface area contributed by atoms with E-state index < -0.39 is 10.0 Å². The number of aryl methyl sites for hydroxylation is 1. The Labute approximate surface area is 210 Å². The van der Waals surface area contributed by atoms with E-state index >= 15 is 0 Å². The van der Waals surface area contributed by atoms with Crippen LogP contribution in [0.4, 0.5) is 11.4 Å². The van der Waals surface area contributed by atoms with Crippen LogP contribution in [0.5, 0.6) is 11.5 Å². The molecule has 184 valence electrons. The van der Waals surface area contributed by atoms with Gasteiger partial charge < -0.3 is 14.8 Å². The van der Waals surface area contributed by atoms with Crippen LogP contribution in [-0.2, 0) is 16.6 Å². The molecule has 2 N–H and O–H groups in total. The molecule has 0 fully saturated rings. The van der Waals surface area contributed by atoms with E-state index in [1.54, 1.807) is 36.4 Å². The SMILES string of the molecule is COc1ccc(S(=O)(=O)Nc2ccc(OCc3ccccc3)cc2)cc1NC(=O)c1ccc(C)cc1. The summed E-state index contributed by atoms with van der Waals surface area (Å²) in [4.78, 5) is 12.7. The van der Waals surface area contributed by atoms with Crippen molar-refractivity contribution in [2.75, 3.05) is 17.1 Å². The van der Waals surface area contributed by atoms with Gasteiger partial charge in [-0.25, -0.2) is 8.42 Å². The standard InChI is InChI=1S/C28H26N2O5S/c1-20-8-10-22(11-9-20)28(31)29-26-18-25(16-17-27(26)34-2)36(32,33)30-23-12-14-24(15-13-23)35-19-21-6-4-3-5-7-21/h3-18,30H,19H2,1-2H3,(H,29,31). The van der Waals surface area contributed by atoms with Gasteiger partial charge in [0.2, 0.25) is 0 Å². The molecule has 0 aliphatic rings. The summed E-state index contributed by atoms with van der Waals surface area (Å²) in [5, 5.41) is 2.74. The number of hydrogen-bond acceptors (Lipinski definition) is 5. The van der Waals surface area contributed by atoms with E-state index in [1.165, 1.54) is 25.3 Å². The van der Waals surface area contributed by atoms with Crippen molar-refractivity contribution in [3.05, 3.63) is 114 Å². The van der Waals surface area contributed by atoms with Crippen LogP contribution >= 0.6 is 0 Å². The number of methoxy groups -OCH3 is 1. The molecule has 0 heterocycles. The molecule has 0 radical (unpaired) electrons. The first kappa shape index (κ1) is 24.8. The molecular weight excluding hydrogens is 476 g/mol. The Hall–Kier alpha value is -4.30. The van der Waals surface area contributed by atoms with Crippen LogP contribution in [-0.4, -0.2) is 21.4 Å². The van der Waals surface area contributed by atoms with E-state index in [0.29, 0.717) is 29.4 Å². The summed E-state index contributed by atoms with van der Waals surface area (Å²) in [6.45, 7) is 2.34. The zero-order valence-corrected chi connectivity index (χ0v) is 20.7. The molecule has 8 heteroatoms. The lowest BCUT2D eigenvalue weighted by molar-refractivity contribution is 0.102. The molecule has 7 nitrogen and oxygen atoms in total. The second-order valence-corrected chi connectivity index (χ2v) is 9.77. The lowest BCUT2D eigenvalue weighted by Gasteiger charge is -2.14. The fraction of sp³-hybridized carbons (Fsp3) is 0.107. The number of nitrogens with one attached hydrogen (secondary N) is 2. The number of carbonyl (C=O) groups is 1. The lowest BCUT2D eigenvalue weighted by atomic mass is 10.1. The second-order valence-electron chi connectivity index (χ2n) is 8.09. The van der Waals surface area contributed by atoms with Gasteiger partial charge >= 0.3 is 0 Å². The molecule has 0 bridgehead atoms. The maximum atomic E-state index is 13.0. The second kappa shape index (κ2) is 11.0. The highest BCUT2D eigenvalue weighted by Crippen LogP contribution is 2.29. The van der Waals surface area contributed by atoms with Crippen LogP contribution < -0.4 is 19.5 Å². The summed E-state index contributed by atoms with van der Waals surface area (Å²) in [7, 11) is -2.48. The van der Waals surface area contributed by atoms with Gasteiger partial charge in [-0.1, -0.05) is 48.0 Å². The Kier molecular flexibility index (Phi) is 7.56. The Morgan fingerprint density at radius 1 is 0.861 bits per heavy atom. The molecule has 1 amide bonds. The van der Waals surface area contributed by atoms with Crippen molar-refractivity contribution in [3.63, 3.8) is 0 Å². The highest BCUT2D eigenvalue weighted by atomic mass is 32.2. The minimum Gasteiger partial charge on any atom is -0.495 e. The van der Waals surface area contributed by atoms with E-state index in [2.05, 4.69) is 10.0 Å². The first-order valence-corrected chi connectivity index (χ1v) is 12.7. The third-order valence-electron chi connectivity index (χ3n) is 5.40. The minimum atomic E-state index is -3.93. The predicted molar refractivity (Wildman–Crippen MR) is 140 cm³/mol. The summed E-state index contributed by atoms with van der Waals surface area (Å²) in [6, 6.07) is 27.7. The molecule has 0 aliphatic heterocycles. The zero-order valence-electron chi connectivity index (χ0n) is 19.9. The van der Waals surface area contributed by atoms with Gasteiger partial charge in [0.05, 0.1) is 17.7 Å². The molecule has 0 aromatic heterocycles. The maximum absolute atomic E-state index is 13.0. The molecule has 36 heavy (non-hydrogen) atoms. The van der Waals surface area contributed by atoms with Crippen molar-refractivity contribution in [3.8, 4) is 11.5 Å². The van der Waals surface area contributed by atoms with Crippen LogP contribution in [0, 0.1) is 6.92 Å². The first-order chi connectivity index (χ1) is 17.3. The third kappa shape index (κ3) is 6.22. The normalized spacial score (nSPS) is 10.9. The summed E-state index contributed by atoms with van der Waals surface area (Å²) in [5.41, 5.74) is 3.13. The van der Waals surface area contributed by atoms with Gasteiger partial charge in [0.1, 0.15) is 18.1 Å². The topological polar surface area (TPSA) is 93.7 Å². The summed E-state index contributed by atoms with van der Waals surface area (Å²) >= 11 is 0. The van der Waals surface area contributed by atoms with Crippen LogP contribution in [0.3, 0.4) is 0 Å². The maximum Gasteiger partial charge on any atom is 0.261 e. The number of benzene rings is 4. The average Bonchev–Trinajstić information content (AvgIpc) is 2.89. The molecule has 4 aromatic carbocycles. The van der Waals surface area contributed by atoms with Crippen LogP contribution in [0.25, 0.3) is 0 Å². The van der Waals surface area contributed by atoms with Crippen LogP contribution in [0.2, 0.25) is 0 Å². The van der Waals surface area contributed by atoms with Crippen LogP contribution in [0.15, 0.2) is 102 Å². The zero-order chi connectivity index (χ0) is 25.5. The van der Waals surface area contributed by atoms with Gasteiger partial charge in [-0.15, -0.1) is 0 Å². The molecule has 0 atom stereocenters. The van der Waals surface area contributed by atoms with Gasteiger partial charge in [0, 0.05) is 11.3 Å². The number of carbonyl (C=O) groups excluding carboxylic acids is 1. The molecular formula is C28H26N2O5S. The Bertz CT molecular complexity index is 1440. The van der Waals surface area contributed by atoms with Crippen molar-refractivity contribution in [2.24, 2.45) is 0 Å². The van der Waals surface area contributed by atoms with E-state index in [-0.39, 0.29) is 16.5 Å². The average molecular weight is 503 g/mol. The lowest BCUT2D eigenvalue weighted by Crippen LogP contribution is -2.15. The van der Waals surface area contributed by atoms with E-state index in [9.17, 15) is 13.2 Å². The monoisotopic (exact) mass is 502 g/mol. The minimum absolute atomic E-state index is 0.0214. The fourth-order valence-electron chi connectivity index (χ4n) is 3.43. The largest absolute Gasteiger partial charge is 0.495 e. The molecule has 0 unspecified atom stereocenters. The van der Waals surface area contributed by atoms with E-state index in [1.807, 2.05) is 49.4 Å². The van der Waals surface area contributed by atoms with Gasteiger partial charge in [0.25, 0.3) is 15.9 Å². The summed E-state index contributed by atoms with van der Waals surface area (Å²) in [6.07, 6.45) is 0. The van der Waals surface area contributed by atoms with Crippen molar-refractivity contribution in [2.45, 2.75) is 18.4 Å². The van der Waals surface area contributed by atoms with Gasteiger partial charge in [0.15, 0.2) is 0 Å². The van der Waals surface area contributed by atoms with Gasteiger partial charge in [-0.2, -0.15) is 0 Å². The highest BCUT2D eigenvalue weighted by Gasteiger charge is 2.18. The van der Waals surface area contributed by atoms with Crippen molar-refractivity contribution in [1.29, 1.82) is 0 Å². The van der Waals surface area contributed by atoms with E-state index in [0.717, 1.165) is 11.1 Å². The molecule has 0 aliphatic carbocycles. The third-order valence-corrected chi connectivity index (χ3v) is 6.78. The quantitative estimate of drug-likeness (QED) is 0.309. The smallest absolute Gasteiger partial charge is 0.261 e. The summed E-state index contributed by atoms with van der Waals surface area (Å²) < 4.78 is 39.7.